The van der Waals surface area contributed by atoms with Crippen LogP contribution in [0, 0.1) is 5.92 Å². The van der Waals surface area contributed by atoms with Crippen LogP contribution in [0.2, 0.25) is 0 Å². The lowest BCUT2D eigenvalue weighted by atomic mass is 10.1. The molecule has 1 atom stereocenters. The van der Waals surface area contributed by atoms with E-state index in [1.807, 2.05) is 12.1 Å². The smallest absolute Gasteiger partial charge is 0.335 e. The van der Waals surface area contributed by atoms with Gasteiger partial charge in [-0.3, -0.25) is 4.90 Å². The van der Waals surface area contributed by atoms with E-state index >= 15 is 0 Å². The summed E-state index contributed by atoms with van der Waals surface area (Å²) in [5.41, 5.74) is 1.54. The van der Waals surface area contributed by atoms with E-state index < -0.39 is 5.97 Å². The number of carboxylic acid groups (broad SMARTS) is 1. The number of benzene rings is 1. The van der Waals surface area contributed by atoms with Gasteiger partial charge >= 0.3 is 5.97 Å². The van der Waals surface area contributed by atoms with Gasteiger partial charge in [0.05, 0.1) is 5.56 Å². The minimum atomic E-state index is -0.862. The van der Waals surface area contributed by atoms with Crippen LogP contribution in [-0.2, 0) is 6.54 Å². The molecule has 1 unspecified atom stereocenters. The van der Waals surface area contributed by atoms with Crippen molar-refractivity contribution in [2.45, 2.75) is 38.8 Å². The number of hydrogen-bond donors (Lipinski definition) is 1. The largest absolute Gasteiger partial charge is 0.478 e. The van der Waals surface area contributed by atoms with Gasteiger partial charge in [0.15, 0.2) is 0 Å². The Balaban J connectivity index is 1.97. The molecular formula is C15H21NO2. The topological polar surface area (TPSA) is 40.5 Å². The molecule has 0 saturated heterocycles. The Labute approximate surface area is 108 Å². The Kier molecular flexibility index (Phi) is 4.02. The van der Waals surface area contributed by atoms with E-state index in [0.29, 0.717) is 11.6 Å². The van der Waals surface area contributed by atoms with Crippen LogP contribution in [-0.4, -0.2) is 29.1 Å². The minimum absolute atomic E-state index is 0.357. The van der Waals surface area contributed by atoms with Gasteiger partial charge in [-0.1, -0.05) is 19.1 Å². The molecule has 0 aliphatic heterocycles. The zero-order valence-electron chi connectivity index (χ0n) is 11.1. The third-order valence-corrected chi connectivity index (χ3v) is 3.78. The van der Waals surface area contributed by atoms with Crippen molar-refractivity contribution in [2.75, 3.05) is 7.05 Å². The van der Waals surface area contributed by atoms with Crippen LogP contribution in [0.3, 0.4) is 0 Å². The third-order valence-electron chi connectivity index (χ3n) is 3.78. The number of carboxylic acids is 1. The second-order valence-corrected chi connectivity index (χ2v) is 5.23. The highest BCUT2D eigenvalue weighted by molar-refractivity contribution is 5.87. The molecule has 3 heteroatoms. The lowest BCUT2D eigenvalue weighted by Crippen LogP contribution is -2.32. The highest BCUT2D eigenvalue weighted by Crippen LogP contribution is 2.36. The van der Waals surface area contributed by atoms with Crippen LogP contribution in [0.4, 0.5) is 0 Å². The molecule has 0 heterocycles. The first-order chi connectivity index (χ1) is 8.61. The molecule has 1 N–H and O–H groups in total. The van der Waals surface area contributed by atoms with Crippen LogP contribution in [0.5, 0.6) is 0 Å². The van der Waals surface area contributed by atoms with E-state index in [4.69, 9.17) is 5.11 Å². The molecule has 98 valence electrons. The maximum atomic E-state index is 10.8. The van der Waals surface area contributed by atoms with Gasteiger partial charge in [0.25, 0.3) is 0 Å². The van der Waals surface area contributed by atoms with Gasteiger partial charge in [-0.15, -0.1) is 0 Å². The summed E-state index contributed by atoms with van der Waals surface area (Å²) < 4.78 is 0. The van der Waals surface area contributed by atoms with Crippen molar-refractivity contribution < 1.29 is 9.90 Å². The van der Waals surface area contributed by atoms with Crippen molar-refractivity contribution in [3.05, 3.63) is 35.4 Å². The van der Waals surface area contributed by atoms with E-state index in [0.717, 1.165) is 12.5 Å². The predicted octanol–water partition coefficient (Wildman–Crippen LogP) is 3.01. The molecule has 0 aromatic heterocycles. The number of aromatic carboxylic acids is 1. The quantitative estimate of drug-likeness (QED) is 0.840. The highest BCUT2D eigenvalue weighted by atomic mass is 16.4. The number of hydrogen-bond acceptors (Lipinski definition) is 2. The van der Waals surface area contributed by atoms with Crippen LogP contribution in [0.15, 0.2) is 24.3 Å². The molecule has 2 rings (SSSR count). The van der Waals surface area contributed by atoms with Gasteiger partial charge in [-0.2, -0.15) is 0 Å². The summed E-state index contributed by atoms with van der Waals surface area (Å²) >= 11 is 0. The molecule has 1 aliphatic rings. The molecule has 1 fully saturated rings. The Bertz CT molecular complexity index is 409. The standard InChI is InChI=1S/C15H21NO2/c1-3-14(12-8-9-12)16(2)10-11-4-6-13(7-5-11)15(17)18/h4-7,12,14H,3,8-10H2,1-2H3,(H,17,18). The summed E-state index contributed by atoms with van der Waals surface area (Å²) in [4.78, 5) is 13.2. The van der Waals surface area contributed by atoms with E-state index in [9.17, 15) is 4.79 Å². The van der Waals surface area contributed by atoms with E-state index in [2.05, 4.69) is 18.9 Å². The fourth-order valence-electron chi connectivity index (χ4n) is 2.64. The fourth-order valence-corrected chi connectivity index (χ4v) is 2.64. The summed E-state index contributed by atoms with van der Waals surface area (Å²) in [5, 5.41) is 8.85. The van der Waals surface area contributed by atoms with E-state index in [1.165, 1.54) is 24.8 Å². The Morgan fingerprint density at radius 1 is 1.39 bits per heavy atom. The summed E-state index contributed by atoms with van der Waals surface area (Å²) in [6, 6.07) is 7.87. The first-order valence-corrected chi connectivity index (χ1v) is 6.64. The van der Waals surface area contributed by atoms with Crippen molar-refractivity contribution in [1.29, 1.82) is 0 Å². The molecule has 3 nitrogen and oxygen atoms in total. The average molecular weight is 247 g/mol. The molecule has 18 heavy (non-hydrogen) atoms. The Hall–Kier alpha value is -1.35. The zero-order chi connectivity index (χ0) is 13.1. The van der Waals surface area contributed by atoms with Gasteiger partial charge in [0, 0.05) is 12.6 Å². The maximum absolute atomic E-state index is 10.8. The molecule has 1 saturated carbocycles. The van der Waals surface area contributed by atoms with E-state index in [1.54, 1.807) is 12.1 Å². The van der Waals surface area contributed by atoms with Crippen LogP contribution in [0.1, 0.15) is 42.1 Å². The van der Waals surface area contributed by atoms with Gasteiger partial charge in [-0.05, 0) is 49.9 Å². The number of rotatable bonds is 6. The first-order valence-electron chi connectivity index (χ1n) is 6.64. The number of nitrogens with zero attached hydrogens (tertiary/aromatic N) is 1. The third kappa shape index (κ3) is 3.10. The van der Waals surface area contributed by atoms with Crippen LogP contribution < -0.4 is 0 Å². The van der Waals surface area contributed by atoms with Crippen molar-refractivity contribution in [3.8, 4) is 0 Å². The molecular weight excluding hydrogens is 226 g/mol. The molecule has 0 spiro atoms. The Morgan fingerprint density at radius 3 is 2.44 bits per heavy atom. The molecule has 0 radical (unpaired) electrons. The van der Waals surface area contributed by atoms with Crippen molar-refractivity contribution in [2.24, 2.45) is 5.92 Å². The zero-order valence-corrected chi connectivity index (χ0v) is 11.1. The normalized spacial score (nSPS) is 16.8. The Morgan fingerprint density at radius 2 is 2.00 bits per heavy atom. The van der Waals surface area contributed by atoms with Gasteiger partial charge in [-0.25, -0.2) is 4.79 Å². The molecule has 0 bridgehead atoms. The number of carbonyl (C=O) groups is 1. The molecule has 1 aromatic carbocycles. The lowest BCUT2D eigenvalue weighted by molar-refractivity contribution is 0.0697. The van der Waals surface area contributed by atoms with Crippen molar-refractivity contribution >= 4 is 5.97 Å². The maximum Gasteiger partial charge on any atom is 0.335 e. The summed E-state index contributed by atoms with van der Waals surface area (Å²) in [6.45, 7) is 3.14. The lowest BCUT2D eigenvalue weighted by Gasteiger charge is -2.27. The van der Waals surface area contributed by atoms with Gasteiger partial charge in [0.1, 0.15) is 0 Å². The SMILES string of the molecule is CCC(C1CC1)N(C)Cc1ccc(C(=O)O)cc1. The second kappa shape index (κ2) is 5.53. The molecule has 1 aliphatic carbocycles. The fraction of sp³-hybridized carbons (Fsp3) is 0.533. The van der Waals surface area contributed by atoms with Gasteiger partial charge in [0.2, 0.25) is 0 Å². The summed E-state index contributed by atoms with van der Waals surface area (Å²) in [7, 11) is 2.16. The minimum Gasteiger partial charge on any atom is -0.478 e. The summed E-state index contributed by atoms with van der Waals surface area (Å²) in [5.74, 6) is 0.0117. The predicted molar refractivity (Wildman–Crippen MR) is 71.7 cm³/mol. The molecule has 0 amide bonds. The second-order valence-electron chi connectivity index (χ2n) is 5.23. The van der Waals surface area contributed by atoms with Gasteiger partial charge < -0.3 is 5.11 Å². The van der Waals surface area contributed by atoms with Crippen molar-refractivity contribution in [1.82, 2.24) is 4.90 Å². The van der Waals surface area contributed by atoms with Crippen LogP contribution in [0.25, 0.3) is 0 Å². The average Bonchev–Trinajstić information content (AvgIpc) is 3.15. The van der Waals surface area contributed by atoms with E-state index in [-0.39, 0.29) is 0 Å². The monoisotopic (exact) mass is 247 g/mol. The first kappa shape index (κ1) is 13.1. The summed E-state index contributed by atoms with van der Waals surface area (Å²) in [6.07, 6.45) is 3.91. The highest BCUT2D eigenvalue weighted by Gasteiger charge is 2.32. The molecule has 1 aromatic rings. The van der Waals surface area contributed by atoms with Crippen LogP contribution >= 0.6 is 0 Å². The van der Waals surface area contributed by atoms with Crippen molar-refractivity contribution in [3.63, 3.8) is 0 Å².